The second-order valence-electron chi connectivity index (χ2n) is 6.37. The second-order valence-corrected chi connectivity index (χ2v) is 6.37. The highest BCUT2D eigenvalue weighted by Crippen LogP contribution is 2.40. The molecule has 0 radical (unpaired) electrons. The van der Waals surface area contributed by atoms with Crippen LogP contribution in [0.2, 0.25) is 5.82 Å². The molecule has 1 aliphatic heterocycles. The van der Waals surface area contributed by atoms with Crippen molar-refractivity contribution in [3.8, 4) is 0 Å². The molecule has 1 rings (SSSR count). The highest BCUT2D eigenvalue weighted by Gasteiger charge is 2.52. The molecule has 1 amide bonds. The predicted molar refractivity (Wildman–Crippen MR) is 78.1 cm³/mol. The Balaban J connectivity index is 2.61. The average Bonchev–Trinajstić information content (AvgIpc) is 2.50. The van der Waals surface area contributed by atoms with Gasteiger partial charge in [-0.25, -0.2) is 0 Å². The third kappa shape index (κ3) is 3.51. The molecule has 1 fully saturated rings. The van der Waals surface area contributed by atoms with Crippen LogP contribution in [-0.2, 0) is 14.1 Å². The molecule has 0 spiro atoms. The summed E-state index contributed by atoms with van der Waals surface area (Å²) in [5.41, 5.74) is -0.658. The van der Waals surface area contributed by atoms with Crippen molar-refractivity contribution < 1.29 is 14.1 Å². The fraction of sp³-hybridized carbons (Fsp3) is 0.929. The Bertz CT molecular complexity index is 311. The second kappa shape index (κ2) is 5.84. The Labute approximate surface area is 118 Å². The SMILES string of the molecule is CCN(CC)C(=O)CC(C)B1OC(C)(C)C(C)(C)O1. The third-order valence-corrected chi connectivity index (χ3v) is 4.35. The first-order valence-corrected chi connectivity index (χ1v) is 7.28. The Morgan fingerprint density at radius 3 is 1.89 bits per heavy atom. The number of hydrogen-bond donors (Lipinski definition) is 0. The van der Waals surface area contributed by atoms with E-state index in [0.717, 1.165) is 13.1 Å². The van der Waals surface area contributed by atoms with E-state index in [1.54, 1.807) is 0 Å². The van der Waals surface area contributed by atoms with Crippen molar-refractivity contribution in [2.45, 2.75) is 71.9 Å². The molecule has 0 aromatic rings. The van der Waals surface area contributed by atoms with Gasteiger partial charge in [0.15, 0.2) is 0 Å². The van der Waals surface area contributed by atoms with Crippen LogP contribution in [0.15, 0.2) is 0 Å². The average molecular weight is 269 g/mol. The molecule has 0 bridgehead atoms. The summed E-state index contributed by atoms with van der Waals surface area (Å²) < 4.78 is 12.0. The van der Waals surface area contributed by atoms with Gasteiger partial charge in [-0.15, -0.1) is 0 Å². The Morgan fingerprint density at radius 1 is 1.11 bits per heavy atom. The first kappa shape index (κ1) is 16.5. The molecular weight excluding hydrogens is 241 g/mol. The molecule has 4 nitrogen and oxygen atoms in total. The number of rotatable bonds is 5. The van der Waals surface area contributed by atoms with Crippen molar-refractivity contribution in [3.63, 3.8) is 0 Å². The quantitative estimate of drug-likeness (QED) is 0.720. The zero-order chi connectivity index (χ0) is 14.8. The minimum atomic E-state index is -0.329. The van der Waals surface area contributed by atoms with Gasteiger partial charge in [-0.1, -0.05) is 6.92 Å². The zero-order valence-electron chi connectivity index (χ0n) is 13.4. The summed E-state index contributed by atoms with van der Waals surface area (Å²) in [6.45, 7) is 15.7. The summed E-state index contributed by atoms with van der Waals surface area (Å²) in [7, 11) is -0.301. The number of amides is 1. The standard InChI is InChI=1S/C14H28BNO3/c1-8-16(9-2)12(17)10-11(3)15-18-13(4,5)14(6,7)19-15/h11H,8-10H2,1-7H3. The van der Waals surface area contributed by atoms with E-state index >= 15 is 0 Å². The maximum absolute atomic E-state index is 12.1. The molecule has 0 aromatic heterocycles. The Hall–Kier alpha value is -0.545. The fourth-order valence-electron chi connectivity index (χ4n) is 2.20. The van der Waals surface area contributed by atoms with Crippen LogP contribution in [0.3, 0.4) is 0 Å². The predicted octanol–water partition coefficient (Wildman–Crippen LogP) is 2.73. The molecular formula is C14H28BNO3. The van der Waals surface area contributed by atoms with Gasteiger partial charge in [0, 0.05) is 19.5 Å². The molecule has 0 aliphatic carbocycles. The fourth-order valence-corrected chi connectivity index (χ4v) is 2.20. The normalized spacial score (nSPS) is 22.4. The molecule has 1 unspecified atom stereocenters. The van der Waals surface area contributed by atoms with Gasteiger partial charge in [-0.3, -0.25) is 4.79 Å². The summed E-state index contributed by atoms with van der Waals surface area (Å²) in [6.07, 6.45) is 0.471. The topological polar surface area (TPSA) is 38.8 Å². The Morgan fingerprint density at radius 2 is 1.53 bits per heavy atom. The van der Waals surface area contributed by atoms with Gasteiger partial charge in [0.05, 0.1) is 11.2 Å². The minimum Gasteiger partial charge on any atom is -0.403 e. The van der Waals surface area contributed by atoms with Crippen molar-refractivity contribution in [1.29, 1.82) is 0 Å². The number of nitrogens with zero attached hydrogens (tertiary/aromatic N) is 1. The Kier molecular flexibility index (Phi) is 5.07. The molecule has 0 aromatic carbocycles. The first-order chi connectivity index (χ1) is 8.64. The van der Waals surface area contributed by atoms with Gasteiger partial charge < -0.3 is 14.2 Å². The molecule has 1 aliphatic rings. The van der Waals surface area contributed by atoms with Crippen LogP contribution in [-0.4, -0.2) is 42.2 Å². The third-order valence-electron chi connectivity index (χ3n) is 4.35. The van der Waals surface area contributed by atoms with Crippen molar-refractivity contribution in [3.05, 3.63) is 0 Å². The van der Waals surface area contributed by atoms with Gasteiger partial charge in [-0.05, 0) is 47.4 Å². The van der Waals surface area contributed by atoms with Crippen LogP contribution < -0.4 is 0 Å². The minimum absolute atomic E-state index is 0.0640. The lowest BCUT2D eigenvalue weighted by atomic mass is 9.71. The molecule has 0 saturated carbocycles. The van der Waals surface area contributed by atoms with Crippen LogP contribution in [0.4, 0.5) is 0 Å². The van der Waals surface area contributed by atoms with E-state index in [1.807, 2.05) is 53.4 Å². The monoisotopic (exact) mass is 269 g/mol. The van der Waals surface area contributed by atoms with Gasteiger partial charge in [0.25, 0.3) is 0 Å². The molecule has 19 heavy (non-hydrogen) atoms. The van der Waals surface area contributed by atoms with Gasteiger partial charge >= 0.3 is 7.12 Å². The number of carbonyl (C=O) groups excluding carboxylic acids is 1. The molecule has 5 heteroatoms. The van der Waals surface area contributed by atoms with E-state index < -0.39 is 0 Å². The lowest BCUT2D eigenvalue weighted by molar-refractivity contribution is -0.130. The smallest absolute Gasteiger partial charge is 0.403 e. The summed E-state index contributed by atoms with van der Waals surface area (Å²) in [4.78, 5) is 14.0. The van der Waals surface area contributed by atoms with Crippen molar-refractivity contribution >= 4 is 13.0 Å². The number of carbonyl (C=O) groups is 1. The van der Waals surface area contributed by atoms with E-state index in [2.05, 4.69) is 0 Å². The van der Waals surface area contributed by atoms with Crippen LogP contribution in [0.25, 0.3) is 0 Å². The lowest BCUT2D eigenvalue weighted by Crippen LogP contribution is -2.41. The lowest BCUT2D eigenvalue weighted by Gasteiger charge is -2.32. The van der Waals surface area contributed by atoms with Crippen molar-refractivity contribution in [2.24, 2.45) is 0 Å². The van der Waals surface area contributed by atoms with E-state index in [1.165, 1.54) is 0 Å². The largest absolute Gasteiger partial charge is 0.461 e. The van der Waals surface area contributed by atoms with Gasteiger partial charge in [0.1, 0.15) is 0 Å². The summed E-state index contributed by atoms with van der Waals surface area (Å²) in [5.74, 6) is 0.237. The van der Waals surface area contributed by atoms with E-state index in [0.29, 0.717) is 6.42 Å². The molecule has 1 saturated heterocycles. The summed E-state index contributed by atoms with van der Waals surface area (Å²) in [5, 5.41) is 0. The van der Waals surface area contributed by atoms with E-state index in [-0.39, 0.29) is 30.0 Å². The van der Waals surface area contributed by atoms with Crippen molar-refractivity contribution in [1.82, 2.24) is 4.90 Å². The van der Waals surface area contributed by atoms with E-state index in [9.17, 15) is 4.79 Å². The maximum atomic E-state index is 12.1. The van der Waals surface area contributed by atoms with Crippen LogP contribution in [0, 0.1) is 0 Å². The number of hydrogen-bond acceptors (Lipinski definition) is 3. The molecule has 110 valence electrons. The highest BCUT2D eigenvalue weighted by atomic mass is 16.7. The van der Waals surface area contributed by atoms with E-state index in [4.69, 9.17) is 9.31 Å². The molecule has 1 heterocycles. The highest BCUT2D eigenvalue weighted by molar-refractivity contribution is 6.47. The maximum Gasteiger partial charge on any atom is 0.461 e. The summed E-state index contributed by atoms with van der Waals surface area (Å²) >= 11 is 0. The van der Waals surface area contributed by atoms with Crippen LogP contribution in [0.1, 0.15) is 54.9 Å². The van der Waals surface area contributed by atoms with Crippen molar-refractivity contribution in [2.75, 3.05) is 13.1 Å². The molecule has 0 N–H and O–H groups in total. The van der Waals surface area contributed by atoms with Crippen LogP contribution in [0.5, 0.6) is 0 Å². The zero-order valence-corrected chi connectivity index (χ0v) is 13.4. The molecule has 1 atom stereocenters. The van der Waals surface area contributed by atoms with Gasteiger partial charge in [-0.2, -0.15) is 0 Å². The summed E-state index contributed by atoms with van der Waals surface area (Å²) in [6, 6.07) is 0. The first-order valence-electron chi connectivity index (χ1n) is 7.28. The van der Waals surface area contributed by atoms with Crippen LogP contribution >= 0.6 is 0 Å². The van der Waals surface area contributed by atoms with Gasteiger partial charge in [0.2, 0.25) is 5.91 Å².